The third kappa shape index (κ3) is 3.08. The molecule has 1 aromatic rings. The molecule has 22 heavy (non-hydrogen) atoms. The first-order chi connectivity index (χ1) is 10.5. The number of nitrogens with zero attached hydrogens (tertiary/aromatic N) is 1. The zero-order valence-corrected chi connectivity index (χ0v) is 14.4. The van der Waals surface area contributed by atoms with Crippen molar-refractivity contribution in [2.24, 2.45) is 0 Å². The highest BCUT2D eigenvalue weighted by molar-refractivity contribution is 5.49. The zero-order chi connectivity index (χ0) is 16.3. The fourth-order valence-corrected chi connectivity index (χ4v) is 3.46. The molecule has 0 amide bonds. The second-order valence-electron chi connectivity index (χ2n) is 6.45. The Morgan fingerprint density at radius 1 is 1.32 bits per heavy atom. The fraction of sp³-hybridized carbons (Fsp3) is 0.667. The molecule has 2 unspecified atom stereocenters. The Labute approximate surface area is 134 Å². The van der Waals surface area contributed by atoms with E-state index in [0.29, 0.717) is 5.75 Å². The third-order valence-electron chi connectivity index (χ3n) is 4.52. The maximum absolute atomic E-state index is 11.1. The van der Waals surface area contributed by atoms with Crippen LogP contribution in [-0.2, 0) is 0 Å². The standard InChI is InChI=1S/C18H29NO3/c1-6-8-12-19(7-2)17-16(20)15-13(21-5)10-9-11-14(15)22-18(17,3)4/h9-11,16-17,20H,6-8,12H2,1-5H3. The van der Waals surface area contributed by atoms with E-state index in [1.165, 1.54) is 0 Å². The van der Waals surface area contributed by atoms with E-state index < -0.39 is 11.7 Å². The molecule has 0 saturated carbocycles. The Bertz CT molecular complexity index is 501. The van der Waals surface area contributed by atoms with Gasteiger partial charge in [-0.2, -0.15) is 0 Å². The largest absolute Gasteiger partial charge is 0.496 e. The normalized spacial score (nSPS) is 23.0. The highest BCUT2D eigenvalue weighted by atomic mass is 16.5. The number of ether oxygens (including phenoxy) is 2. The van der Waals surface area contributed by atoms with Crippen molar-refractivity contribution in [3.63, 3.8) is 0 Å². The van der Waals surface area contributed by atoms with Crippen molar-refractivity contribution in [2.45, 2.75) is 58.3 Å². The van der Waals surface area contributed by atoms with Gasteiger partial charge in [0.1, 0.15) is 23.2 Å². The molecule has 0 aromatic heterocycles. The maximum Gasteiger partial charge on any atom is 0.129 e. The second-order valence-corrected chi connectivity index (χ2v) is 6.45. The van der Waals surface area contributed by atoms with Gasteiger partial charge >= 0.3 is 0 Å². The molecule has 0 aliphatic carbocycles. The van der Waals surface area contributed by atoms with Crippen LogP contribution in [-0.4, -0.2) is 41.8 Å². The monoisotopic (exact) mass is 307 g/mol. The first kappa shape index (κ1) is 17.1. The summed E-state index contributed by atoms with van der Waals surface area (Å²) < 4.78 is 11.7. The predicted molar refractivity (Wildman–Crippen MR) is 88.6 cm³/mol. The summed E-state index contributed by atoms with van der Waals surface area (Å²) in [5.41, 5.74) is 0.312. The molecule has 124 valence electrons. The van der Waals surface area contributed by atoms with Crippen molar-refractivity contribution in [3.8, 4) is 11.5 Å². The quantitative estimate of drug-likeness (QED) is 0.875. The summed E-state index contributed by atoms with van der Waals surface area (Å²) in [6.07, 6.45) is 1.64. The SMILES string of the molecule is CCCCN(CC)C1C(O)c2c(OC)cccc2OC1(C)C. The van der Waals surface area contributed by atoms with Crippen molar-refractivity contribution in [3.05, 3.63) is 23.8 Å². The van der Waals surface area contributed by atoms with E-state index >= 15 is 0 Å². The van der Waals surface area contributed by atoms with Crippen molar-refractivity contribution in [2.75, 3.05) is 20.2 Å². The molecule has 4 heteroatoms. The number of likely N-dealkylation sites (N-methyl/N-ethyl adjacent to an activating group) is 1. The lowest BCUT2D eigenvalue weighted by Gasteiger charge is -2.48. The molecule has 1 aliphatic heterocycles. The number of hydrogen-bond donors (Lipinski definition) is 1. The number of rotatable bonds is 6. The van der Waals surface area contributed by atoms with Crippen molar-refractivity contribution in [1.82, 2.24) is 4.90 Å². The Morgan fingerprint density at radius 3 is 2.64 bits per heavy atom. The molecule has 0 spiro atoms. The van der Waals surface area contributed by atoms with Crippen molar-refractivity contribution in [1.29, 1.82) is 0 Å². The smallest absolute Gasteiger partial charge is 0.129 e. The van der Waals surface area contributed by atoms with Crippen LogP contribution in [0.25, 0.3) is 0 Å². The molecule has 1 heterocycles. The lowest BCUT2D eigenvalue weighted by molar-refractivity contribution is -0.0824. The summed E-state index contributed by atoms with van der Waals surface area (Å²) in [4.78, 5) is 2.32. The fourth-order valence-electron chi connectivity index (χ4n) is 3.46. The lowest BCUT2D eigenvalue weighted by atomic mass is 9.84. The molecule has 1 N–H and O–H groups in total. The van der Waals surface area contributed by atoms with Crippen LogP contribution in [0.5, 0.6) is 11.5 Å². The van der Waals surface area contributed by atoms with Crippen molar-refractivity contribution < 1.29 is 14.6 Å². The molecule has 0 saturated heterocycles. The van der Waals surface area contributed by atoms with Crippen LogP contribution in [0.1, 0.15) is 52.2 Å². The van der Waals surface area contributed by atoms with Gasteiger partial charge in [-0.1, -0.05) is 26.3 Å². The first-order valence-electron chi connectivity index (χ1n) is 8.24. The molecule has 2 rings (SSSR count). The molecule has 1 aliphatic rings. The van der Waals surface area contributed by atoms with Gasteiger partial charge in [0, 0.05) is 0 Å². The Kier molecular flexibility index (Phi) is 5.35. The molecule has 0 bridgehead atoms. The average molecular weight is 307 g/mol. The van der Waals surface area contributed by atoms with E-state index in [1.54, 1.807) is 7.11 Å². The van der Waals surface area contributed by atoms with E-state index in [2.05, 4.69) is 32.6 Å². The van der Waals surface area contributed by atoms with Gasteiger partial charge in [-0.05, 0) is 45.5 Å². The molecular formula is C18H29NO3. The molecule has 0 fully saturated rings. The van der Waals surface area contributed by atoms with E-state index in [1.807, 2.05) is 18.2 Å². The van der Waals surface area contributed by atoms with E-state index in [0.717, 1.165) is 37.2 Å². The van der Waals surface area contributed by atoms with Gasteiger partial charge in [0.2, 0.25) is 0 Å². The number of fused-ring (bicyclic) bond motifs is 1. The van der Waals surface area contributed by atoms with Crippen LogP contribution in [0, 0.1) is 0 Å². The second kappa shape index (κ2) is 6.88. The molecule has 2 atom stereocenters. The van der Waals surface area contributed by atoms with Crippen LogP contribution in [0.3, 0.4) is 0 Å². The lowest BCUT2D eigenvalue weighted by Crippen LogP contribution is -2.58. The van der Waals surface area contributed by atoms with Gasteiger partial charge in [0.25, 0.3) is 0 Å². The summed E-state index contributed by atoms with van der Waals surface area (Å²) in [7, 11) is 1.63. The van der Waals surface area contributed by atoms with Crippen LogP contribution in [0.15, 0.2) is 18.2 Å². The summed E-state index contributed by atoms with van der Waals surface area (Å²) >= 11 is 0. The van der Waals surface area contributed by atoms with Crippen LogP contribution < -0.4 is 9.47 Å². The minimum atomic E-state index is -0.619. The number of benzene rings is 1. The van der Waals surface area contributed by atoms with E-state index in [9.17, 15) is 5.11 Å². The van der Waals surface area contributed by atoms with Gasteiger partial charge in [-0.3, -0.25) is 4.90 Å². The average Bonchev–Trinajstić information content (AvgIpc) is 2.48. The Morgan fingerprint density at radius 2 is 2.05 bits per heavy atom. The molecule has 0 radical (unpaired) electrons. The van der Waals surface area contributed by atoms with Gasteiger partial charge < -0.3 is 14.6 Å². The van der Waals surface area contributed by atoms with Gasteiger partial charge in [-0.15, -0.1) is 0 Å². The Hall–Kier alpha value is -1.26. The van der Waals surface area contributed by atoms with Crippen molar-refractivity contribution >= 4 is 0 Å². The maximum atomic E-state index is 11.1. The van der Waals surface area contributed by atoms with Crippen LogP contribution in [0.2, 0.25) is 0 Å². The van der Waals surface area contributed by atoms with Crippen LogP contribution >= 0.6 is 0 Å². The molecule has 1 aromatic carbocycles. The number of unbranched alkanes of at least 4 members (excludes halogenated alkanes) is 1. The van der Waals surface area contributed by atoms with Gasteiger partial charge in [0.05, 0.1) is 18.7 Å². The Balaban J connectivity index is 2.41. The number of aliphatic hydroxyl groups is 1. The van der Waals surface area contributed by atoms with Gasteiger partial charge in [-0.25, -0.2) is 0 Å². The predicted octanol–water partition coefficient (Wildman–Crippen LogP) is 3.39. The summed E-state index contributed by atoms with van der Waals surface area (Å²) in [5, 5.41) is 11.1. The van der Waals surface area contributed by atoms with Crippen LogP contribution in [0.4, 0.5) is 0 Å². The topological polar surface area (TPSA) is 41.9 Å². The van der Waals surface area contributed by atoms with Gasteiger partial charge in [0.15, 0.2) is 0 Å². The highest BCUT2D eigenvalue weighted by Gasteiger charge is 2.47. The number of aliphatic hydroxyl groups excluding tert-OH is 1. The van der Waals surface area contributed by atoms with E-state index in [4.69, 9.17) is 9.47 Å². The third-order valence-corrected chi connectivity index (χ3v) is 4.52. The first-order valence-corrected chi connectivity index (χ1v) is 8.24. The summed E-state index contributed by atoms with van der Waals surface area (Å²) in [6, 6.07) is 5.59. The number of hydrogen-bond acceptors (Lipinski definition) is 4. The number of methoxy groups -OCH3 is 1. The highest BCUT2D eigenvalue weighted by Crippen LogP contribution is 2.46. The minimum Gasteiger partial charge on any atom is -0.496 e. The van der Waals surface area contributed by atoms with E-state index in [-0.39, 0.29) is 6.04 Å². The summed E-state index contributed by atoms with van der Waals surface area (Å²) in [5.74, 6) is 1.41. The zero-order valence-electron chi connectivity index (χ0n) is 14.4. The summed E-state index contributed by atoms with van der Waals surface area (Å²) in [6.45, 7) is 10.3. The molecular weight excluding hydrogens is 278 g/mol. The molecule has 4 nitrogen and oxygen atoms in total. The minimum absolute atomic E-state index is 0.0900.